The molecule has 0 atom stereocenters. The van der Waals surface area contributed by atoms with Gasteiger partial charge in [-0.15, -0.1) is 21.5 Å². The van der Waals surface area contributed by atoms with Crippen molar-refractivity contribution in [1.82, 2.24) is 14.8 Å². The van der Waals surface area contributed by atoms with Crippen LogP contribution in [0.4, 0.5) is 5.00 Å². The van der Waals surface area contributed by atoms with Crippen LogP contribution < -0.4 is 5.32 Å². The molecule has 0 unspecified atom stereocenters. The summed E-state index contributed by atoms with van der Waals surface area (Å²) >= 11 is 2.69. The van der Waals surface area contributed by atoms with E-state index < -0.39 is 5.97 Å². The molecule has 0 bridgehead atoms. The van der Waals surface area contributed by atoms with Gasteiger partial charge in [-0.3, -0.25) is 9.36 Å². The van der Waals surface area contributed by atoms with E-state index in [1.54, 1.807) is 13.0 Å². The standard InChI is InChI=1S/C21H24N4O3S2/c1-5-16-11-17(20(27)28-6-2)19(30-16)22-18(26)12-29-21-24-23-14(4)25(21)15-9-7-13(3)8-10-15/h7-11H,5-6,12H2,1-4H3,(H,22,26). The molecule has 3 rings (SSSR count). The molecule has 158 valence electrons. The van der Waals surface area contributed by atoms with E-state index in [9.17, 15) is 9.59 Å². The van der Waals surface area contributed by atoms with Crippen molar-refractivity contribution in [3.63, 3.8) is 0 Å². The van der Waals surface area contributed by atoms with Gasteiger partial charge in [0.15, 0.2) is 5.16 Å². The third-order valence-electron chi connectivity index (χ3n) is 4.30. The van der Waals surface area contributed by atoms with Gasteiger partial charge in [0.2, 0.25) is 5.91 Å². The van der Waals surface area contributed by atoms with Gasteiger partial charge < -0.3 is 10.1 Å². The zero-order valence-corrected chi connectivity index (χ0v) is 19.0. The van der Waals surface area contributed by atoms with Crippen molar-refractivity contribution in [2.45, 2.75) is 39.3 Å². The summed E-state index contributed by atoms with van der Waals surface area (Å²) in [5.74, 6) is 0.250. The first-order valence-electron chi connectivity index (χ1n) is 9.64. The molecule has 0 saturated heterocycles. The van der Waals surface area contributed by atoms with Gasteiger partial charge in [0.05, 0.1) is 17.9 Å². The summed E-state index contributed by atoms with van der Waals surface area (Å²) in [7, 11) is 0. The second-order valence-electron chi connectivity index (χ2n) is 6.57. The smallest absolute Gasteiger partial charge is 0.341 e. The van der Waals surface area contributed by atoms with Gasteiger partial charge in [-0.25, -0.2) is 4.79 Å². The third kappa shape index (κ3) is 5.09. The number of benzene rings is 1. The quantitative estimate of drug-likeness (QED) is 0.409. The summed E-state index contributed by atoms with van der Waals surface area (Å²) in [6.45, 7) is 7.95. The number of amides is 1. The van der Waals surface area contributed by atoms with E-state index in [-0.39, 0.29) is 18.3 Å². The van der Waals surface area contributed by atoms with Crippen LogP contribution >= 0.6 is 23.1 Å². The minimum atomic E-state index is -0.425. The Morgan fingerprint density at radius 3 is 2.57 bits per heavy atom. The topological polar surface area (TPSA) is 86.1 Å². The lowest BCUT2D eigenvalue weighted by molar-refractivity contribution is -0.113. The molecule has 2 heterocycles. The molecular weight excluding hydrogens is 420 g/mol. The van der Waals surface area contributed by atoms with E-state index in [2.05, 4.69) is 15.5 Å². The average Bonchev–Trinajstić information content (AvgIpc) is 3.30. The van der Waals surface area contributed by atoms with Crippen molar-refractivity contribution < 1.29 is 14.3 Å². The third-order valence-corrected chi connectivity index (χ3v) is 6.42. The monoisotopic (exact) mass is 444 g/mol. The van der Waals surface area contributed by atoms with E-state index in [0.717, 1.165) is 28.4 Å². The highest BCUT2D eigenvalue weighted by atomic mass is 32.2. The Bertz CT molecular complexity index is 1040. The van der Waals surface area contributed by atoms with E-state index in [4.69, 9.17) is 4.74 Å². The van der Waals surface area contributed by atoms with Crippen molar-refractivity contribution in [2.24, 2.45) is 0 Å². The molecule has 0 aliphatic heterocycles. The Labute approximate surface area is 183 Å². The fraction of sp³-hybridized carbons (Fsp3) is 0.333. The predicted molar refractivity (Wildman–Crippen MR) is 120 cm³/mol. The molecule has 0 spiro atoms. The number of carbonyl (C=O) groups is 2. The summed E-state index contributed by atoms with van der Waals surface area (Å²) < 4.78 is 7.02. The Balaban J connectivity index is 1.71. The minimum absolute atomic E-state index is 0.144. The fourth-order valence-electron chi connectivity index (χ4n) is 2.79. The van der Waals surface area contributed by atoms with Crippen LogP contribution in [0.2, 0.25) is 0 Å². The molecule has 9 heteroatoms. The highest BCUT2D eigenvalue weighted by molar-refractivity contribution is 7.99. The SMILES string of the molecule is CCOC(=O)c1cc(CC)sc1NC(=O)CSc1nnc(C)n1-c1ccc(C)cc1. The molecular formula is C21H24N4O3S2. The number of aryl methyl sites for hydroxylation is 3. The van der Waals surface area contributed by atoms with Crippen LogP contribution in [-0.2, 0) is 16.0 Å². The maximum atomic E-state index is 12.6. The normalized spacial score (nSPS) is 10.8. The van der Waals surface area contributed by atoms with Crippen LogP contribution in [0.1, 0.15) is 40.5 Å². The number of hydrogen-bond donors (Lipinski definition) is 1. The summed E-state index contributed by atoms with van der Waals surface area (Å²) in [5, 5.41) is 12.4. The van der Waals surface area contributed by atoms with Gasteiger partial charge in [0, 0.05) is 10.6 Å². The number of ether oxygens (including phenoxy) is 1. The van der Waals surface area contributed by atoms with Gasteiger partial charge in [0.25, 0.3) is 0 Å². The number of anilines is 1. The fourth-order valence-corrected chi connectivity index (χ4v) is 4.59. The number of rotatable bonds is 8. The van der Waals surface area contributed by atoms with Gasteiger partial charge in [-0.1, -0.05) is 36.4 Å². The number of carbonyl (C=O) groups excluding carboxylic acids is 2. The molecule has 2 aromatic heterocycles. The van der Waals surface area contributed by atoms with Crippen molar-refractivity contribution in [1.29, 1.82) is 0 Å². The van der Waals surface area contributed by atoms with E-state index in [1.165, 1.54) is 23.1 Å². The van der Waals surface area contributed by atoms with Crippen molar-refractivity contribution in [3.05, 3.63) is 52.2 Å². The zero-order chi connectivity index (χ0) is 21.7. The summed E-state index contributed by atoms with van der Waals surface area (Å²) in [6.07, 6.45) is 0.778. The van der Waals surface area contributed by atoms with E-state index in [1.807, 2.05) is 49.6 Å². The Morgan fingerprint density at radius 2 is 1.90 bits per heavy atom. The highest BCUT2D eigenvalue weighted by Gasteiger charge is 2.19. The molecule has 7 nitrogen and oxygen atoms in total. The summed E-state index contributed by atoms with van der Waals surface area (Å²) in [6, 6.07) is 9.82. The molecule has 0 saturated carbocycles. The summed E-state index contributed by atoms with van der Waals surface area (Å²) in [5.41, 5.74) is 2.51. The zero-order valence-electron chi connectivity index (χ0n) is 17.4. The number of aromatic nitrogens is 3. The molecule has 0 fully saturated rings. The van der Waals surface area contributed by atoms with Crippen LogP contribution in [0.3, 0.4) is 0 Å². The first-order valence-corrected chi connectivity index (χ1v) is 11.4. The van der Waals surface area contributed by atoms with Crippen molar-refractivity contribution in [2.75, 3.05) is 17.7 Å². The van der Waals surface area contributed by atoms with Gasteiger partial charge in [-0.05, 0) is 45.4 Å². The Morgan fingerprint density at radius 1 is 1.17 bits per heavy atom. The number of hydrogen-bond acceptors (Lipinski definition) is 7. The van der Waals surface area contributed by atoms with Crippen LogP contribution in [0, 0.1) is 13.8 Å². The molecule has 1 aromatic carbocycles. The highest BCUT2D eigenvalue weighted by Crippen LogP contribution is 2.30. The lowest BCUT2D eigenvalue weighted by atomic mass is 10.2. The molecule has 0 aliphatic rings. The van der Waals surface area contributed by atoms with Crippen molar-refractivity contribution in [3.8, 4) is 5.69 Å². The second-order valence-corrected chi connectivity index (χ2v) is 8.65. The van der Waals surface area contributed by atoms with Crippen LogP contribution in [0.25, 0.3) is 5.69 Å². The molecule has 0 aliphatic carbocycles. The Hall–Kier alpha value is -2.65. The first-order chi connectivity index (χ1) is 14.4. The van der Waals surface area contributed by atoms with Crippen LogP contribution in [0.15, 0.2) is 35.5 Å². The molecule has 3 aromatic rings. The number of thiophene rings is 1. The lowest BCUT2D eigenvalue weighted by Crippen LogP contribution is -2.16. The molecule has 30 heavy (non-hydrogen) atoms. The number of nitrogens with zero attached hydrogens (tertiary/aromatic N) is 3. The summed E-state index contributed by atoms with van der Waals surface area (Å²) in [4.78, 5) is 25.8. The van der Waals surface area contributed by atoms with Crippen LogP contribution in [0.5, 0.6) is 0 Å². The van der Waals surface area contributed by atoms with Crippen molar-refractivity contribution >= 4 is 40.0 Å². The molecule has 1 N–H and O–H groups in total. The number of thioether (sulfide) groups is 1. The minimum Gasteiger partial charge on any atom is -0.462 e. The van der Waals surface area contributed by atoms with Gasteiger partial charge in [-0.2, -0.15) is 0 Å². The maximum Gasteiger partial charge on any atom is 0.341 e. The van der Waals surface area contributed by atoms with E-state index >= 15 is 0 Å². The molecule has 0 radical (unpaired) electrons. The van der Waals surface area contributed by atoms with Gasteiger partial charge in [0.1, 0.15) is 10.8 Å². The predicted octanol–water partition coefficient (Wildman–Crippen LogP) is 4.42. The largest absolute Gasteiger partial charge is 0.462 e. The average molecular weight is 445 g/mol. The Kier molecular flexibility index (Phi) is 7.28. The van der Waals surface area contributed by atoms with E-state index in [0.29, 0.717) is 15.7 Å². The lowest BCUT2D eigenvalue weighted by Gasteiger charge is -2.09. The van der Waals surface area contributed by atoms with Gasteiger partial charge >= 0.3 is 5.97 Å². The molecule has 1 amide bonds. The maximum absolute atomic E-state index is 12.6. The number of esters is 1. The second kappa shape index (κ2) is 9.90. The first kappa shape index (κ1) is 22.0. The number of nitrogens with one attached hydrogen (secondary N) is 1. The van der Waals surface area contributed by atoms with Crippen LogP contribution in [-0.4, -0.2) is 39.0 Å².